The van der Waals surface area contributed by atoms with E-state index < -0.39 is 16.5 Å². The van der Waals surface area contributed by atoms with Gasteiger partial charge in [-0.1, -0.05) is 212 Å². The minimum Gasteiger partial charge on any atom is -0.194 e. The van der Waals surface area contributed by atoms with Gasteiger partial charge in [-0.3, -0.25) is 0 Å². The molecule has 0 radical (unpaired) electrons. The first-order chi connectivity index (χ1) is 46.5. The number of pyridine rings is 3. The monoisotopic (exact) mass is 1200 g/mol. The summed E-state index contributed by atoms with van der Waals surface area (Å²) in [7, 11) is 0. The third-order valence-electron chi connectivity index (χ3n) is 22.8. The topological polar surface area (TPSA) is 11.6 Å². The summed E-state index contributed by atoms with van der Waals surface area (Å²) < 4.78 is 8.16. The lowest BCUT2D eigenvalue weighted by molar-refractivity contribution is -0.719. The molecule has 6 heterocycles. The average molecular weight is 1200 g/mol. The van der Waals surface area contributed by atoms with Gasteiger partial charge in [-0.25, -0.2) is 0 Å². The standard InChI is InChI=1S/C91H62N3/c1-57-44-88-79-48-71(59-26-8-3-9-27-59)75-50-77(79)84-45-62-40-41-82-68-36-18-16-34-66(68)74-46-73(62)78(47-70(74)58-24-6-2-7-25-58)86-38-20-22-42-92(86)54-63(64-32-14-15-33-65(64)75)52-90(84,94(88)55-81(57)61-30-12-5-13-31-61)85-53-89-56-91(82,89)93-43-23-21-39-87(93)80-49-72(60-28-10-4-11-29-60)76(51-83(80)89)67-35-17-19-37-69(67)85/h2-39,41-53,55,62H,40,54,56H2,1H3/q+3/b63-52+,82-41-,84-45?,85-53?. The maximum absolute atomic E-state index is 2.90. The van der Waals surface area contributed by atoms with Crippen LogP contribution in [0.5, 0.6) is 0 Å². The lowest BCUT2D eigenvalue weighted by atomic mass is 9.65. The van der Waals surface area contributed by atoms with Crippen molar-refractivity contribution in [2.75, 3.05) is 0 Å². The molecule has 1 saturated carbocycles. The summed E-state index contributed by atoms with van der Waals surface area (Å²) in [6.07, 6.45) is 20.3. The third kappa shape index (κ3) is 6.93. The molecule has 0 saturated heterocycles. The van der Waals surface area contributed by atoms with Crippen molar-refractivity contribution in [2.45, 2.75) is 48.7 Å². The van der Waals surface area contributed by atoms with Gasteiger partial charge in [0, 0.05) is 76.6 Å². The lowest BCUT2D eigenvalue weighted by Gasteiger charge is -2.40. The van der Waals surface area contributed by atoms with Crippen LogP contribution in [0.4, 0.5) is 0 Å². The number of allylic oxidation sites excluding steroid dienone is 8. The van der Waals surface area contributed by atoms with Crippen LogP contribution in [0, 0.1) is 6.92 Å². The van der Waals surface area contributed by atoms with E-state index in [-0.39, 0.29) is 5.92 Å². The Balaban J connectivity index is 1.04. The Morgan fingerprint density at radius 1 is 0.351 bits per heavy atom. The smallest absolute Gasteiger partial charge is 0.194 e. The van der Waals surface area contributed by atoms with Gasteiger partial charge in [-0.05, 0) is 173 Å². The van der Waals surface area contributed by atoms with E-state index in [4.69, 9.17) is 0 Å². The number of hydrogen-bond donors (Lipinski definition) is 0. The van der Waals surface area contributed by atoms with Crippen LogP contribution < -0.4 is 13.7 Å². The molecule has 0 N–H and O–H groups in total. The van der Waals surface area contributed by atoms with Gasteiger partial charge in [0.2, 0.25) is 28.2 Å². The van der Waals surface area contributed by atoms with Crippen molar-refractivity contribution in [1.82, 2.24) is 0 Å². The zero-order valence-electron chi connectivity index (χ0n) is 52.1. The normalized spacial score (nSPS) is 21.2. The van der Waals surface area contributed by atoms with Crippen molar-refractivity contribution in [1.29, 1.82) is 0 Å². The van der Waals surface area contributed by atoms with E-state index in [0.29, 0.717) is 6.54 Å². The summed E-state index contributed by atoms with van der Waals surface area (Å²) in [5.74, 6) is -0.135. The largest absolute Gasteiger partial charge is 0.239 e. The highest BCUT2D eigenvalue weighted by Gasteiger charge is 2.81. The van der Waals surface area contributed by atoms with Crippen LogP contribution in [0.2, 0.25) is 0 Å². The molecule has 13 aromatic rings. The van der Waals surface area contributed by atoms with Gasteiger partial charge < -0.3 is 0 Å². The molecule has 13 bridgehead atoms. The second kappa shape index (κ2) is 19.1. The van der Waals surface area contributed by atoms with Gasteiger partial charge in [0.25, 0.3) is 0 Å². The fourth-order valence-electron chi connectivity index (χ4n) is 18.7. The molecule has 5 aliphatic carbocycles. The van der Waals surface area contributed by atoms with Crippen LogP contribution in [0.15, 0.2) is 316 Å². The Kier molecular flexibility index (Phi) is 10.6. The van der Waals surface area contributed by atoms with Crippen LogP contribution in [-0.4, -0.2) is 0 Å². The summed E-state index contributed by atoms with van der Waals surface area (Å²) in [4.78, 5) is 0. The van der Waals surface area contributed by atoms with Crippen LogP contribution in [0.3, 0.4) is 0 Å². The molecule has 1 fully saturated rings. The Bertz CT molecular complexity index is 5650. The van der Waals surface area contributed by atoms with Gasteiger partial charge in [0.1, 0.15) is 0 Å². The number of benzene rings is 10. The first-order valence-electron chi connectivity index (χ1n) is 33.5. The second-order valence-electron chi connectivity index (χ2n) is 27.3. The molecule has 4 unspecified atom stereocenters. The zero-order chi connectivity index (χ0) is 61.6. The first kappa shape index (κ1) is 52.3. The number of hydrogen-bond acceptors (Lipinski definition) is 0. The van der Waals surface area contributed by atoms with Crippen LogP contribution in [0.1, 0.15) is 57.7 Å². The Hall–Kier alpha value is -11.4. The van der Waals surface area contributed by atoms with Gasteiger partial charge in [-0.2, -0.15) is 13.7 Å². The highest BCUT2D eigenvalue weighted by Crippen LogP contribution is 2.74. The quantitative estimate of drug-likeness (QED) is 0.156. The van der Waals surface area contributed by atoms with Gasteiger partial charge in [0.05, 0.1) is 22.1 Å². The Morgan fingerprint density at radius 3 is 1.52 bits per heavy atom. The van der Waals surface area contributed by atoms with E-state index in [1.165, 1.54) is 173 Å². The molecule has 4 atom stereocenters. The van der Waals surface area contributed by atoms with E-state index in [1.807, 2.05) is 0 Å². The summed E-state index contributed by atoms with van der Waals surface area (Å²) in [5.41, 5.74) is 36.6. The Morgan fingerprint density at radius 2 is 0.862 bits per heavy atom. The second-order valence-corrected chi connectivity index (χ2v) is 27.3. The van der Waals surface area contributed by atoms with Crippen LogP contribution in [0.25, 0.3) is 134 Å². The zero-order valence-corrected chi connectivity index (χ0v) is 52.1. The molecular formula is C91H62N3+3. The maximum Gasteiger partial charge on any atom is 0.239 e. The highest BCUT2D eigenvalue weighted by molar-refractivity contribution is 6.08. The lowest BCUT2D eigenvalue weighted by Crippen LogP contribution is -2.60. The van der Waals surface area contributed by atoms with E-state index in [1.54, 1.807) is 0 Å². The van der Waals surface area contributed by atoms with Crippen molar-refractivity contribution in [2.24, 2.45) is 0 Å². The predicted molar refractivity (Wildman–Crippen MR) is 381 cm³/mol. The number of rotatable bonds is 4. The third-order valence-corrected chi connectivity index (χ3v) is 22.8. The van der Waals surface area contributed by atoms with Crippen molar-refractivity contribution in [3.8, 4) is 112 Å². The van der Waals surface area contributed by atoms with E-state index in [2.05, 4.69) is 337 Å². The van der Waals surface area contributed by atoms with Crippen molar-refractivity contribution in [3.63, 3.8) is 0 Å². The summed E-state index contributed by atoms with van der Waals surface area (Å²) in [6.45, 7) is 2.93. The van der Waals surface area contributed by atoms with Crippen molar-refractivity contribution < 1.29 is 13.7 Å². The summed E-state index contributed by atoms with van der Waals surface area (Å²) >= 11 is 0. The number of aryl methyl sites for hydroxylation is 1. The van der Waals surface area contributed by atoms with Gasteiger partial charge >= 0.3 is 0 Å². The SMILES string of the molecule is Cc1cc2[n+](cc1-c1ccccc1)C13/C=C4\C[n+]5ccccc5-c5cc(-c6ccccc6)c6cc5C(C=C1c1cc(c(-c5ccccc5)cc1-2)-c1ccccc14)C/C=C(/c1ccccc1-6)C12CC14C=C3c1ccccc1-c1cc4c(cc1-c1ccccc1)-c1cccc[n+]12. The molecule has 3 nitrogen and oxygen atoms in total. The van der Waals surface area contributed by atoms with Crippen LogP contribution in [-0.2, 0) is 23.0 Å². The van der Waals surface area contributed by atoms with E-state index in [0.717, 1.165) is 12.8 Å². The minimum absolute atomic E-state index is 0.135. The molecule has 1 spiro atoms. The first-order valence-corrected chi connectivity index (χ1v) is 33.5. The maximum atomic E-state index is 2.90. The number of fused-ring (bicyclic) bond motifs is 19. The van der Waals surface area contributed by atoms with E-state index >= 15 is 0 Å². The van der Waals surface area contributed by atoms with E-state index in [9.17, 15) is 0 Å². The number of aromatic nitrogens is 3. The Labute approximate surface area is 547 Å². The molecular weight excluding hydrogens is 1140 g/mol. The summed E-state index contributed by atoms with van der Waals surface area (Å²) in [6, 6.07) is 105. The van der Waals surface area contributed by atoms with Crippen LogP contribution >= 0.6 is 0 Å². The van der Waals surface area contributed by atoms with Gasteiger partial charge in [0.15, 0.2) is 25.1 Å². The molecule has 10 aromatic carbocycles. The van der Waals surface area contributed by atoms with Gasteiger partial charge in [-0.15, -0.1) is 0 Å². The fourth-order valence-corrected chi connectivity index (χ4v) is 18.7. The molecule has 94 heavy (non-hydrogen) atoms. The van der Waals surface area contributed by atoms with Crippen molar-refractivity contribution >= 4 is 22.3 Å². The fraction of sp³-hybridized carbons (Fsp3) is 0.0879. The molecule has 3 heteroatoms. The molecule has 3 aliphatic heterocycles. The number of nitrogens with zero attached hydrogens (tertiary/aromatic N) is 3. The molecule has 0 amide bonds. The van der Waals surface area contributed by atoms with Crippen molar-refractivity contribution in [3.05, 3.63) is 355 Å². The highest BCUT2D eigenvalue weighted by atomic mass is 15.2. The molecule has 3 aromatic heterocycles. The minimum atomic E-state index is -1.03. The predicted octanol–water partition coefficient (Wildman–Crippen LogP) is 20.1. The molecule has 21 rings (SSSR count). The summed E-state index contributed by atoms with van der Waals surface area (Å²) in [5, 5.41) is 0. The molecule has 8 aliphatic rings. The molecule has 438 valence electrons. The average Bonchev–Trinajstić information content (AvgIpc) is 1.46.